The Morgan fingerprint density at radius 3 is 2.78 bits per heavy atom. The maximum Gasteiger partial charge on any atom is 0.190 e. The standard InChI is InChI=1S/C12H24N4OS/c1-4-5-8-17-9-6-13-7-10-18-12-15-14-11(2)16(12)3/h13H,4-10H2,1-3H3. The first-order valence-electron chi connectivity index (χ1n) is 6.53. The highest BCUT2D eigenvalue weighted by molar-refractivity contribution is 7.99. The van der Waals surface area contributed by atoms with Crippen LogP contribution in [-0.4, -0.2) is 46.8 Å². The van der Waals surface area contributed by atoms with Gasteiger partial charge in [0.25, 0.3) is 0 Å². The summed E-state index contributed by atoms with van der Waals surface area (Å²) in [6.45, 7) is 7.70. The molecule has 0 aromatic carbocycles. The smallest absolute Gasteiger partial charge is 0.190 e. The highest BCUT2D eigenvalue weighted by Crippen LogP contribution is 2.13. The zero-order valence-corrected chi connectivity index (χ0v) is 12.4. The Hall–Kier alpha value is -0.590. The first kappa shape index (κ1) is 15.5. The zero-order valence-electron chi connectivity index (χ0n) is 11.6. The molecule has 0 unspecified atom stereocenters. The second-order valence-electron chi connectivity index (χ2n) is 4.15. The summed E-state index contributed by atoms with van der Waals surface area (Å²) < 4.78 is 7.48. The van der Waals surface area contributed by atoms with Gasteiger partial charge in [-0.3, -0.25) is 0 Å². The van der Waals surface area contributed by atoms with Gasteiger partial charge >= 0.3 is 0 Å². The van der Waals surface area contributed by atoms with Gasteiger partial charge in [0.15, 0.2) is 5.16 Å². The van der Waals surface area contributed by atoms with Gasteiger partial charge in [-0.15, -0.1) is 10.2 Å². The van der Waals surface area contributed by atoms with Crippen LogP contribution in [0.1, 0.15) is 25.6 Å². The number of nitrogens with zero attached hydrogens (tertiary/aromatic N) is 3. The predicted octanol–water partition coefficient (Wildman–Crippen LogP) is 1.62. The van der Waals surface area contributed by atoms with Gasteiger partial charge in [0.1, 0.15) is 5.82 Å². The molecule has 0 aliphatic carbocycles. The molecule has 0 radical (unpaired) electrons. The summed E-state index contributed by atoms with van der Waals surface area (Å²) in [7, 11) is 1.99. The Kier molecular flexibility index (Phi) is 8.04. The van der Waals surface area contributed by atoms with Crippen molar-refractivity contribution in [2.24, 2.45) is 7.05 Å². The van der Waals surface area contributed by atoms with E-state index in [2.05, 4.69) is 22.4 Å². The molecule has 0 saturated carbocycles. The van der Waals surface area contributed by atoms with Crippen LogP contribution in [0.25, 0.3) is 0 Å². The van der Waals surface area contributed by atoms with Crippen molar-refractivity contribution in [1.29, 1.82) is 0 Å². The minimum atomic E-state index is 0.799. The van der Waals surface area contributed by atoms with E-state index in [4.69, 9.17) is 4.74 Å². The summed E-state index contributed by atoms with van der Waals surface area (Å²) in [6, 6.07) is 0. The number of aryl methyl sites for hydroxylation is 1. The van der Waals surface area contributed by atoms with Crippen LogP contribution in [0.3, 0.4) is 0 Å². The molecule has 1 heterocycles. The first-order chi connectivity index (χ1) is 8.75. The van der Waals surface area contributed by atoms with E-state index in [1.807, 2.05) is 18.5 Å². The van der Waals surface area contributed by atoms with Crippen LogP contribution in [-0.2, 0) is 11.8 Å². The average Bonchev–Trinajstić information content (AvgIpc) is 2.68. The number of rotatable bonds is 10. The lowest BCUT2D eigenvalue weighted by molar-refractivity contribution is 0.133. The topological polar surface area (TPSA) is 52.0 Å². The number of unbranched alkanes of at least 4 members (excludes halogenated alkanes) is 1. The minimum Gasteiger partial charge on any atom is -0.380 e. The molecular weight excluding hydrogens is 248 g/mol. The predicted molar refractivity (Wildman–Crippen MR) is 75.1 cm³/mol. The van der Waals surface area contributed by atoms with Crippen molar-refractivity contribution < 1.29 is 4.74 Å². The van der Waals surface area contributed by atoms with Crippen molar-refractivity contribution in [1.82, 2.24) is 20.1 Å². The second-order valence-corrected chi connectivity index (χ2v) is 5.22. The SMILES string of the molecule is CCCCOCCNCCSc1nnc(C)n1C. The molecule has 1 aromatic rings. The molecule has 0 atom stereocenters. The molecule has 6 heteroatoms. The number of thioether (sulfide) groups is 1. The molecule has 0 fully saturated rings. The number of ether oxygens (including phenoxy) is 1. The van der Waals surface area contributed by atoms with E-state index in [-0.39, 0.29) is 0 Å². The molecule has 18 heavy (non-hydrogen) atoms. The molecule has 1 N–H and O–H groups in total. The van der Waals surface area contributed by atoms with E-state index < -0.39 is 0 Å². The molecule has 1 aromatic heterocycles. The molecular formula is C12H24N4OS. The molecule has 0 spiro atoms. The fourth-order valence-corrected chi connectivity index (χ4v) is 2.20. The number of nitrogens with one attached hydrogen (secondary N) is 1. The van der Waals surface area contributed by atoms with Crippen LogP contribution in [0.2, 0.25) is 0 Å². The van der Waals surface area contributed by atoms with E-state index in [0.29, 0.717) is 0 Å². The lowest BCUT2D eigenvalue weighted by Crippen LogP contribution is -2.22. The summed E-state index contributed by atoms with van der Waals surface area (Å²) in [6.07, 6.45) is 2.35. The zero-order chi connectivity index (χ0) is 13.2. The monoisotopic (exact) mass is 272 g/mol. The maximum absolute atomic E-state index is 5.47. The molecule has 0 saturated heterocycles. The van der Waals surface area contributed by atoms with Crippen molar-refractivity contribution >= 4 is 11.8 Å². The van der Waals surface area contributed by atoms with Gasteiger partial charge in [0.2, 0.25) is 0 Å². The van der Waals surface area contributed by atoms with Crippen molar-refractivity contribution in [3.63, 3.8) is 0 Å². The van der Waals surface area contributed by atoms with Gasteiger partial charge in [-0.2, -0.15) is 0 Å². The third-order valence-corrected chi connectivity index (χ3v) is 3.65. The number of hydrogen-bond donors (Lipinski definition) is 1. The second kappa shape index (κ2) is 9.35. The summed E-state index contributed by atoms with van der Waals surface area (Å²) in [4.78, 5) is 0. The summed E-state index contributed by atoms with van der Waals surface area (Å²) in [5.41, 5.74) is 0. The highest BCUT2D eigenvalue weighted by Gasteiger charge is 2.04. The van der Waals surface area contributed by atoms with Crippen LogP contribution in [0.5, 0.6) is 0 Å². The van der Waals surface area contributed by atoms with Gasteiger partial charge in [0.05, 0.1) is 6.61 Å². The Bertz CT molecular complexity index is 330. The number of aromatic nitrogens is 3. The third kappa shape index (κ3) is 5.84. The fourth-order valence-electron chi connectivity index (χ4n) is 1.35. The van der Waals surface area contributed by atoms with Crippen molar-refractivity contribution in [2.45, 2.75) is 31.8 Å². The summed E-state index contributed by atoms with van der Waals surface area (Å²) >= 11 is 1.73. The molecule has 0 aliphatic rings. The largest absolute Gasteiger partial charge is 0.380 e. The van der Waals surface area contributed by atoms with Gasteiger partial charge in [-0.1, -0.05) is 25.1 Å². The Balaban J connectivity index is 1.94. The van der Waals surface area contributed by atoms with E-state index in [9.17, 15) is 0 Å². The lowest BCUT2D eigenvalue weighted by atomic mass is 10.4. The molecule has 5 nitrogen and oxygen atoms in total. The van der Waals surface area contributed by atoms with Crippen molar-refractivity contribution in [2.75, 3.05) is 32.1 Å². The summed E-state index contributed by atoms with van der Waals surface area (Å²) in [5, 5.41) is 12.5. The van der Waals surface area contributed by atoms with Gasteiger partial charge in [-0.25, -0.2) is 0 Å². The van der Waals surface area contributed by atoms with E-state index in [1.165, 1.54) is 6.42 Å². The van der Waals surface area contributed by atoms with Crippen molar-refractivity contribution in [3.8, 4) is 0 Å². The van der Waals surface area contributed by atoms with Crippen LogP contribution >= 0.6 is 11.8 Å². The molecule has 0 aliphatic heterocycles. The van der Waals surface area contributed by atoms with Gasteiger partial charge in [0, 0.05) is 32.5 Å². The lowest BCUT2D eigenvalue weighted by Gasteiger charge is -2.05. The minimum absolute atomic E-state index is 0.799. The van der Waals surface area contributed by atoms with Crippen LogP contribution < -0.4 is 5.32 Å². The molecule has 0 bridgehead atoms. The van der Waals surface area contributed by atoms with Crippen molar-refractivity contribution in [3.05, 3.63) is 5.82 Å². The normalized spacial score (nSPS) is 11.1. The average molecular weight is 272 g/mol. The molecule has 1 rings (SSSR count). The first-order valence-corrected chi connectivity index (χ1v) is 7.51. The maximum atomic E-state index is 5.47. The Morgan fingerprint density at radius 2 is 2.11 bits per heavy atom. The van der Waals surface area contributed by atoms with Crippen LogP contribution in [0, 0.1) is 6.92 Å². The van der Waals surface area contributed by atoms with E-state index in [0.717, 1.165) is 49.5 Å². The Labute approximate surface area is 114 Å². The quantitative estimate of drug-likeness (QED) is 0.518. The summed E-state index contributed by atoms with van der Waals surface area (Å²) in [5.74, 6) is 1.95. The number of hydrogen-bond acceptors (Lipinski definition) is 5. The fraction of sp³-hybridized carbons (Fsp3) is 0.833. The Morgan fingerprint density at radius 1 is 1.28 bits per heavy atom. The van der Waals surface area contributed by atoms with E-state index in [1.54, 1.807) is 11.8 Å². The van der Waals surface area contributed by atoms with Gasteiger partial charge < -0.3 is 14.6 Å². The molecule has 0 amide bonds. The third-order valence-electron chi connectivity index (χ3n) is 2.63. The van der Waals surface area contributed by atoms with Crippen LogP contribution in [0.4, 0.5) is 0 Å². The van der Waals surface area contributed by atoms with Crippen LogP contribution in [0.15, 0.2) is 5.16 Å². The van der Waals surface area contributed by atoms with E-state index >= 15 is 0 Å². The highest BCUT2D eigenvalue weighted by atomic mass is 32.2. The molecule has 104 valence electrons. The van der Waals surface area contributed by atoms with Gasteiger partial charge in [-0.05, 0) is 13.3 Å².